The monoisotopic (exact) mass is 844 g/mol. The van der Waals surface area contributed by atoms with Crippen molar-refractivity contribution in [2.24, 2.45) is 0 Å². The fourth-order valence-corrected chi connectivity index (χ4v) is 12.3. The van der Waals surface area contributed by atoms with E-state index < -0.39 is 0 Å². The zero-order chi connectivity index (χ0) is 42.3. The van der Waals surface area contributed by atoms with Crippen molar-refractivity contribution in [3.05, 3.63) is 218 Å². The Morgan fingerprint density at radius 2 is 0.446 bits per heavy atom. The van der Waals surface area contributed by atoms with Crippen LogP contribution in [0.4, 0.5) is 0 Å². The number of hydrogen-bond acceptors (Lipinski definition) is 1. The molecule has 0 unspecified atom stereocenters. The van der Waals surface area contributed by atoms with Crippen molar-refractivity contribution in [2.45, 2.75) is 0 Å². The number of hydrogen-bond donors (Lipinski definition) is 0. The number of aromatic nitrogens is 4. The molecular formula is C60H36N4S. The molecule has 0 bridgehead atoms. The van der Waals surface area contributed by atoms with E-state index in [4.69, 9.17) is 0 Å². The molecule has 0 spiro atoms. The normalized spacial score (nSPS) is 12.3. The van der Waals surface area contributed by atoms with E-state index in [-0.39, 0.29) is 0 Å². The van der Waals surface area contributed by atoms with Crippen LogP contribution < -0.4 is 0 Å². The second-order valence-electron chi connectivity index (χ2n) is 17.3. The van der Waals surface area contributed by atoms with Gasteiger partial charge in [-0.1, -0.05) is 121 Å². The van der Waals surface area contributed by atoms with E-state index in [1.165, 1.54) is 107 Å². The molecule has 0 fully saturated rings. The van der Waals surface area contributed by atoms with Gasteiger partial charge in [-0.15, -0.1) is 11.3 Å². The summed E-state index contributed by atoms with van der Waals surface area (Å²) in [6, 6.07) is 80.8. The fourth-order valence-electron chi connectivity index (χ4n) is 11.2. The SMILES string of the molecule is c1ccc2c(c1)c1ccccc1n2-c1ccc2c3ccccc3n(-c3ccc4sc5ccc(-n6c7ccccc7c7ccc(-n8c9ccccc9c9ccccc98)cc76)cc5c4c3)c2c1. The Hall–Kier alpha value is -8.38. The molecule has 0 aliphatic heterocycles. The lowest BCUT2D eigenvalue weighted by atomic mass is 10.1. The molecule has 0 saturated carbocycles. The van der Waals surface area contributed by atoms with Gasteiger partial charge >= 0.3 is 0 Å². The minimum Gasteiger partial charge on any atom is -0.309 e. The van der Waals surface area contributed by atoms with Gasteiger partial charge in [0.25, 0.3) is 0 Å². The number of nitrogens with zero attached hydrogens (tertiary/aromatic N) is 4. The molecule has 65 heavy (non-hydrogen) atoms. The first-order chi connectivity index (χ1) is 32.2. The van der Waals surface area contributed by atoms with E-state index >= 15 is 0 Å². The van der Waals surface area contributed by atoms with Gasteiger partial charge in [-0.05, 0) is 97.1 Å². The highest BCUT2D eigenvalue weighted by molar-refractivity contribution is 7.25. The Bertz CT molecular complexity index is 4100. The van der Waals surface area contributed by atoms with E-state index in [0.717, 1.165) is 22.7 Å². The minimum atomic E-state index is 1.15. The van der Waals surface area contributed by atoms with Crippen molar-refractivity contribution >= 4 is 119 Å². The third-order valence-electron chi connectivity index (χ3n) is 13.9. The van der Waals surface area contributed by atoms with Crippen molar-refractivity contribution in [2.75, 3.05) is 0 Å². The summed E-state index contributed by atoms with van der Waals surface area (Å²) in [5.41, 5.74) is 14.2. The number of rotatable bonds is 4. The molecule has 0 aliphatic carbocycles. The fraction of sp³-hybridized carbons (Fsp3) is 0. The summed E-state index contributed by atoms with van der Waals surface area (Å²) in [6.45, 7) is 0. The third-order valence-corrected chi connectivity index (χ3v) is 15.1. The van der Waals surface area contributed by atoms with Gasteiger partial charge in [0.15, 0.2) is 0 Å². The van der Waals surface area contributed by atoms with E-state index in [9.17, 15) is 0 Å². The Kier molecular flexibility index (Phi) is 7.07. The Labute approximate surface area is 376 Å². The van der Waals surface area contributed by atoms with E-state index in [2.05, 4.69) is 237 Å². The maximum Gasteiger partial charge on any atom is 0.0561 e. The van der Waals surface area contributed by atoms with Gasteiger partial charge in [-0.25, -0.2) is 0 Å². The molecule has 5 heteroatoms. The maximum atomic E-state index is 2.47. The average molecular weight is 845 g/mol. The molecule has 5 aromatic heterocycles. The molecule has 0 N–H and O–H groups in total. The summed E-state index contributed by atoms with van der Waals surface area (Å²) in [6.07, 6.45) is 0. The largest absolute Gasteiger partial charge is 0.309 e. The van der Waals surface area contributed by atoms with E-state index in [1.807, 2.05) is 11.3 Å². The van der Waals surface area contributed by atoms with Gasteiger partial charge in [-0.3, -0.25) is 0 Å². The second-order valence-corrected chi connectivity index (χ2v) is 18.4. The summed E-state index contributed by atoms with van der Waals surface area (Å²) in [5.74, 6) is 0. The average Bonchev–Trinajstić information content (AvgIpc) is 4.16. The molecule has 0 amide bonds. The van der Waals surface area contributed by atoms with Gasteiger partial charge < -0.3 is 18.3 Å². The van der Waals surface area contributed by atoms with Gasteiger partial charge in [-0.2, -0.15) is 0 Å². The van der Waals surface area contributed by atoms with Crippen molar-refractivity contribution < 1.29 is 0 Å². The molecule has 0 radical (unpaired) electrons. The molecule has 15 rings (SSSR count). The lowest BCUT2D eigenvalue weighted by Crippen LogP contribution is -1.97. The quantitative estimate of drug-likeness (QED) is 0.168. The van der Waals surface area contributed by atoms with Crippen LogP contribution in [-0.2, 0) is 0 Å². The van der Waals surface area contributed by atoms with Crippen molar-refractivity contribution in [3.8, 4) is 22.7 Å². The summed E-state index contributed by atoms with van der Waals surface area (Å²) in [7, 11) is 0. The molecule has 15 aromatic rings. The Morgan fingerprint density at radius 3 is 0.769 bits per heavy atom. The summed E-state index contributed by atoms with van der Waals surface area (Å²) in [4.78, 5) is 0. The van der Waals surface area contributed by atoms with Crippen molar-refractivity contribution in [3.63, 3.8) is 0 Å². The molecule has 5 heterocycles. The third kappa shape index (κ3) is 4.85. The molecule has 0 saturated heterocycles. The van der Waals surface area contributed by atoms with Crippen LogP contribution in [0.5, 0.6) is 0 Å². The van der Waals surface area contributed by atoms with Crippen LogP contribution in [0.25, 0.3) is 130 Å². The summed E-state index contributed by atoms with van der Waals surface area (Å²) < 4.78 is 12.3. The van der Waals surface area contributed by atoms with Gasteiger partial charge in [0.1, 0.15) is 0 Å². The standard InChI is InChI=1S/C60H36N4S/c1-7-19-51-41(13-1)42-14-2-8-20-52(42)61(51)39-25-29-47-45-17-5-11-23-55(45)63(57(47)35-39)37-27-31-59-49(33-37)50-34-38(28-32-60(50)65-59)64-56-24-12-6-18-46(56)48-30-26-40(36-58(48)64)62-53-21-9-3-15-43(53)44-16-4-10-22-54(44)62/h1-36H. The summed E-state index contributed by atoms with van der Waals surface area (Å²) in [5, 5.41) is 12.6. The van der Waals surface area contributed by atoms with Crippen LogP contribution in [0.2, 0.25) is 0 Å². The van der Waals surface area contributed by atoms with Crippen molar-refractivity contribution in [1.29, 1.82) is 0 Å². The van der Waals surface area contributed by atoms with Crippen LogP contribution in [-0.4, -0.2) is 18.3 Å². The molecular weight excluding hydrogens is 809 g/mol. The predicted octanol–water partition coefficient (Wildman–Crippen LogP) is 16.4. The number of fused-ring (bicyclic) bond motifs is 15. The smallest absolute Gasteiger partial charge is 0.0561 e. The second kappa shape index (κ2) is 13.1. The van der Waals surface area contributed by atoms with Crippen LogP contribution in [0.15, 0.2) is 218 Å². The van der Waals surface area contributed by atoms with Crippen LogP contribution in [0.3, 0.4) is 0 Å². The van der Waals surface area contributed by atoms with E-state index in [0.29, 0.717) is 0 Å². The van der Waals surface area contributed by atoms with Gasteiger partial charge in [0, 0.05) is 86.0 Å². The topological polar surface area (TPSA) is 19.7 Å². The number of para-hydroxylation sites is 6. The molecule has 302 valence electrons. The maximum absolute atomic E-state index is 2.47. The highest BCUT2D eigenvalue weighted by Crippen LogP contribution is 2.42. The van der Waals surface area contributed by atoms with Crippen molar-refractivity contribution in [1.82, 2.24) is 18.3 Å². The molecule has 4 nitrogen and oxygen atoms in total. The minimum absolute atomic E-state index is 1.15. The van der Waals surface area contributed by atoms with Gasteiger partial charge in [0.2, 0.25) is 0 Å². The lowest BCUT2D eigenvalue weighted by Gasteiger charge is -2.12. The zero-order valence-electron chi connectivity index (χ0n) is 35.0. The highest BCUT2D eigenvalue weighted by atomic mass is 32.1. The Balaban J connectivity index is 0.939. The van der Waals surface area contributed by atoms with Crippen LogP contribution >= 0.6 is 11.3 Å². The van der Waals surface area contributed by atoms with Gasteiger partial charge in [0.05, 0.1) is 44.1 Å². The lowest BCUT2D eigenvalue weighted by molar-refractivity contribution is 1.16. The molecule has 0 aliphatic rings. The predicted molar refractivity (Wildman–Crippen MR) is 277 cm³/mol. The van der Waals surface area contributed by atoms with Crippen LogP contribution in [0, 0.1) is 0 Å². The van der Waals surface area contributed by atoms with Crippen LogP contribution in [0.1, 0.15) is 0 Å². The first-order valence-corrected chi connectivity index (χ1v) is 23.1. The Morgan fingerprint density at radius 1 is 0.200 bits per heavy atom. The number of benzene rings is 10. The molecule has 10 aromatic carbocycles. The summed E-state index contributed by atoms with van der Waals surface area (Å²) >= 11 is 1.87. The first kappa shape index (κ1) is 35.1. The zero-order valence-corrected chi connectivity index (χ0v) is 35.8. The first-order valence-electron chi connectivity index (χ1n) is 22.3. The number of thiophene rings is 1. The highest BCUT2D eigenvalue weighted by Gasteiger charge is 2.20. The van der Waals surface area contributed by atoms with E-state index in [1.54, 1.807) is 0 Å². The molecule has 0 atom stereocenters.